The van der Waals surface area contributed by atoms with Gasteiger partial charge in [-0.3, -0.25) is 9.59 Å². The van der Waals surface area contributed by atoms with Crippen molar-refractivity contribution in [2.75, 3.05) is 0 Å². The molecule has 6 nitrogen and oxygen atoms in total. The molecule has 1 saturated carbocycles. The average Bonchev–Trinajstić information content (AvgIpc) is 3.20. The fraction of sp³-hybridized carbons (Fsp3) is 0.421. The SMILES string of the molecule is Cc1nc(COc2ccc(F)cc2)sc1C(=O)NC1(CC(=O)O)CCCC1. The van der Waals surface area contributed by atoms with Crippen LogP contribution in [0.15, 0.2) is 24.3 Å². The summed E-state index contributed by atoms with van der Waals surface area (Å²) in [6, 6.07) is 5.67. The van der Waals surface area contributed by atoms with E-state index in [0.717, 1.165) is 12.8 Å². The van der Waals surface area contributed by atoms with E-state index in [0.29, 0.717) is 34.2 Å². The van der Waals surface area contributed by atoms with Gasteiger partial charge >= 0.3 is 5.97 Å². The number of nitrogens with zero attached hydrogens (tertiary/aromatic N) is 1. The molecule has 0 atom stereocenters. The number of thiazole rings is 1. The van der Waals surface area contributed by atoms with E-state index in [1.54, 1.807) is 6.92 Å². The summed E-state index contributed by atoms with van der Waals surface area (Å²) < 4.78 is 18.5. The van der Waals surface area contributed by atoms with Gasteiger partial charge in [0.15, 0.2) is 0 Å². The Morgan fingerprint density at radius 1 is 1.30 bits per heavy atom. The van der Waals surface area contributed by atoms with Gasteiger partial charge in [0.1, 0.15) is 28.1 Å². The van der Waals surface area contributed by atoms with Gasteiger partial charge in [0.25, 0.3) is 5.91 Å². The molecule has 144 valence electrons. The molecule has 1 aromatic heterocycles. The van der Waals surface area contributed by atoms with Crippen molar-refractivity contribution in [1.29, 1.82) is 0 Å². The fourth-order valence-electron chi connectivity index (χ4n) is 3.39. The summed E-state index contributed by atoms with van der Waals surface area (Å²) >= 11 is 1.22. The third-order valence-electron chi connectivity index (χ3n) is 4.65. The molecule has 0 unspecified atom stereocenters. The highest BCUT2D eigenvalue weighted by Gasteiger charge is 2.38. The maximum atomic E-state index is 12.9. The normalized spacial score (nSPS) is 15.5. The number of carboxylic acid groups (broad SMARTS) is 1. The predicted octanol–water partition coefficient (Wildman–Crippen LogP) is 3.69. The van der Waals surface area contributed by atoms with Crippen LogP contribution >= 0.6 is 11.3 Å². The molecule has 1 heterocycles. The fourth-order valence-corrected chi connectivity index (χ4v) is 4.26. The van der Waals surface area contributed by atoms with Crippen molar-refractivity contribution in [1.82, 2.24) is 10.3 Å². The first kappa shape index (κ1) is 19.3. The summed E-state index contributed by atoms with van der Waals surface area (Å²) in [6.07, 6.45) is 3.09. The van der Waals surface area contributed by atoms with Crippen LogP contribution in [0.2, 0.25) is 0 Å². The number of halogens is 1. The highest BCUT2D eigenvalue weighted by molar-refractivity contribution is 7.13. The van der Waals surface area contributed by atoms with E-state index < -0.39 is 11.5 Å². The van der Waals surface area contributed by atoms with Crippen LogP contribution in [-0.4, -0.2) is 27.5 Å². The number of hydrogen-bond acceptors (Lipinski definition) is 5. The molecule has 3 rings (SSSR count). The van der Waals surface area contributed by atoms with Crippen molar-refractivity contribution in [2.45, 2.75) is 51.2 Å². The van der Waals surface area contributed by atoms with E-state index in [-0.39, 0.29) is 24.8 Å². The largest absolute Gasteiger partial charge is 0.486 e. The molecule has 0 saturated heterocycles. The molecule has 1 aliphatic carbocycles. The van der Waals surface area contributed by atoms with Gasteiger partial charge in [-0.05, 0) is 44.0 Å². The summed E-state index contributed by atoms with van der Waals surface area (Å²) in [6.45, 7) is 1.91. The Morgan fingerprint density at radius 2 is 1.96 bits per heavy atom. The van der Waals surface area contributed by atoms with Crippen LogP contribution in [0, 0.1) is 12.7 Å². The van der Waals surface area contributed by atoms with E-state index in [9.17, 15) is 19.1 Å². The lowest BCUT2D eigenvalue weighted by molar-refractivity contribution is -0.138. The molecule has 0 aliphatic heterocycles. The maximum absolute atomic E-state index is 12.9. The second-order valence-corrected chi connectivity index (χ2v) is 7.86. The number of carbonyl (C=O) groups is 2. The molecule has 2 aromatic rings. The number of aryl methyl sites for hydroxylation is 1. The number of nitrogens with one attached hydrogen (secondary N) is 1. The summed E-state index contributed by atoms with van der Waals surface area (Å²) in [5.41, 5.74) is -0.0944. The molecule has 0 bridgehead atoms. The summed E-state index contributed by atoms with van der Waals surface area (Å²) in [5.74, 6) is -1.02. The highest BCUT2D eigenvalue weighted by Crippen LogP contribution is 2.33. The molecule has 8 heteroatoms. The van der Waals surface area contributed by atoms with Crippen molar-refractivity contribution in [3.8, 4) is 5.75 Å². The summed E-state index contributed by atoms with van der Waals surface area (Å²) in [7, 11) is 0. The van der Waals surface area contributed by atoms with Gasteiger partial charge in [-0.2, -0.15) is 0 Å². The molecule has 1 amide bonds. The smallest absolute Gasteiger partial charge is 0.305 e. The van der Waals surface area contributed by atoms with Gasteiger partial charge in [-0.25, -0.2) is 9.37 Å². The molecule has 1 aromatic carbocycles. The van der Waals surface area contributed by atoms with E-state index >= 15 is 0 Å². The number of rotatable bonds is 7. The number of aliphatic carboxylic acids is 1. The van der Waals surface area contributed by atoms with Crippen molar-refractivity contribution in [3.05, 3.63) is 45.7 Å². The first-order valence-electron chi connectivity index (χ1n) is 8.76. The number of carbonyl (C=O) groups excluding carboxylic acids is 1. The first-order chi connectivity index (χ1) is 12.9. The number of carboxylic acids is 1. The quantitative estimate of drug-likeness (QED) is 0.750. The van der Waals surface area contributed by atoms with E-state index in [4.69, 9.17) is 4.74 Å². The Kier molecular flexibility index (Phi) is 5.74. The van der Waals surface area contributed by atoms with E-state index in [1.165, 1.54) is 35.6 Å². The Balaban J connectivity index is 1.66. The molecular formula is C19H21FN2O4S. The Hall–Kier alpha value is -2.48. The molecule has 1 aliphatic rings. The summed E-state index contributed by atoms with van der Waals surface area (Å²) in [4.78, 5) is 28.7. The predicted molar refractivity (Wildman–Crippen MR) is 98.5 cm³/mol. The minimum Gasteiger partial charge on any atom is -0.486 e. The zero-order chi connectivity index (χ0) is 19.4. The van der Waals surface area contributed by atoms with Crippen molar-refractivity contribution < 1.29 is 23.8 Å². The van der Waals surface area contributed by atoms with Crippen LogP contribution in [0.1, 0.15) is 52.5 Å². The zero-order valence-corrected chi connectivity index (χ0v) is 15.8. The van der Waals surface area contributed by atoms with Gasteiger partial charge < -0.3 is 15.2 Å². The first-order valence-corrected chi connectivity index (χ1v) is 9.57. The molecule has 27 heavy (non-hydrogen) atoms. The topological polar surface area (TPSA) is 88.5 Å². The third kappa shape index (κ3) is 4.82. The number of hydrogen-bond donors (Lipinski definition) is 2. The zero-order valence-electron chi connectivity index (χ0n) is 15.0. The van der Waals surface area contributed by atoms with Crippen LogP contribution in [0.3, 0.4) is 0 Å². The van der Waals surface area contributed by atoms with Crippen molar-refractivity contribution in [3.63, 3.8) is 0 Å². The van der Waals surface area contributed by atoms with E-state index in [2.05, 4.69) is 10.3 Å². The Bertz CT molecular complexity index is 829. The van der Waals surface area contributed by atoms with Crippen molar-refractivity contribution >= 4 is 23.2 Å². The number of amides is 1. The van der Waals surface area contributed by atoms with Crippen LogP contribution in [0.5, 0.6) is 5.75 Å². The van der Waals surface area contributed by atoms with Crippen molar-refractivity contribution in [2.24, 2.45) is 0 Å². The van der Waals surface area contributed by atoms with Crippen LogP contribution in [0.25, 0.3) is 0 Å². The minimum absolute atomic E-state index is 0.0723. The average molecular weight is 392 g/mol. The monoisotopic (exact) mass is 392 g/mol. The van der Waals surface area contributed by atoms with E-state index in [1.807, 2.05) is 0 Å². The van der Waals surface area contributed by atoms with Gasteiger partial charge in [-0.1, -0.05) is 12.8 Å². The molecule has 0 radical (unpaired) electrons. The van der Waals surface area contributed by atoms with Gasteiger partial charge in [0.05, 0.1) is 17.7 Å². The Labute approximate surface area is 160 Å². The highest BCUT2D eigenvalue weighted by atomic mass is 32.1. The maximum Gasteiger partial charge on any atom is 0.305 e. The molecule has 2 N–H and O–H groups in total. The number of benzene rings is 1. The molecule has 1 fully saturated rings. The lowest BCUT2D eigenvalue weighted by Crippen LogP contribution is -2.47. The van der Waals surface area contributed by atoms with Gasteiger partial charge in [-0.15, -0.1) is 11.3 Å². The summed E-state index contributed by atoms with van der Waals surface area (Å²) in [5, 5.41) is 12.7. The second kappa shape index (κ2) is 8.04. The standard InChI is InChI=1S/C19H21FN2O4S/c1-12-17(18(25)22-19(10-16(23)24)8-2-3-9-19)27-15(21-12)11-26-14-6-4-13(20)5-7-14/h4-7H,2-3,8-11H2,1H3,(H,22,25)(H,23,24). The van der Waals surface area contributed by atoms with Gasteiger partial charge in [0.2, 0.25) is 0 Å². The third-order valence-corrected chi connectivity index (χ3v) is 5.78. The second-order valence-electron chi connectivity index (χ2n) is 6.78. The Morgan fingerprint density at radius 3 is 2.59 bits per heavy atom. The molecular weight excluding hydrogens is 371 g/mol. The molecule has 0 spiro atoms. The van der Waals surface area contributed by atoms with Crippen LogP contribution in [0.4, 0.5) is 4.39 Å². The van der Waals surface area contributed by atoms with Gasteiger partial charge in [0, 0.05) is 0 Å². The lowest BCUT2D eigenvalue weighted by atomic mass is 9.93. The van der Waals surface area contributed by atoms with Crippen LogP contribution in [-0.2, 0) is 11.4 Å². The van der Waals surface area contributed by atoms with Crippen LogP contribution < -0.4 is 10.1 Å². The number of ether oxygens (including phenoxy) is 1. The number of aromatic nitrogens is 1. The lowest BCUT2D eigenvalue weighted by Gasteiger charge is -2.28. The minimum atomic E-state index is -0.911.